The molecule has 1 aliphatic heterocycles. The number of hydrogen-bond acceptors (Lipinski definition) is 5. The Kier molecular flexibility index (Phi) is 7.11. The summed E-state index contributed by atoms with van der Waals surface area (Å²) in [5.74, 6) is -0.152. The fraction of sp³-hybridized carbons (Fsp3) is 0.867. The van der Waals surface area contributed by atoms with Crippen LogP contribution in [0, 0.1) is 5.92 Å². The molecular formula is C15H28N2O4. The average molecular weight is 300 g/mol. The van der Waals surface area contributed by atoms with Gasteiger partial charge in [-0.1, -0.05) is 13.8 Å². The number of nitrogens with one attached hydrogen (secondary N) is 1. The second-order valence-electron chi connectivity index (χ2n) is 6.02. The van der Waals surface area contributed by atoms with Crippen LogP contribution in [0.5, 0.6) is 0 Å². The zero-order chi connectivity index (χ0) is 16.0. The molecule has 1 heterocycles. The van der Waals surface area contributed by atoms with Crippen molar-refractivity contribution in [2.75, 3.05) is 26.7 Å². The van der Waals surface area contributed by atoms with Gasteiger partial charge in [-0.25, -0.2) is 0 Å². The normalized spacial score (nSPS) is 24.7. The van der Waals surface area contributed by atoms with Gasteiger partial charge >= 0.3 is 5.97 Å². The Morgan fingerprint density at radius 1 is 1.29 bits per heavy atom. The van der Waals surface area contributed by atoms with Crippen molar-refractivity contribution in [3.05, 3.63) is 0 Å². The number of rotatable bonds is 6. The Morgan fingerprint density at radius 2 is 1.86 bits per heavy atom. The lowest BCUT2D eigenvalue weighted by Crippen LogP contribution is -2.57. The molecule has 1 N–H and O–H groups in total. The molecule has 1 saturated heterocycles. The average Bonchev–Trinajstić information content (AvgIpc) is 2.36. The van der Waals surface area contributed by atoms with Gasteiger partial charge in [-0.3, -0.25) is 14.5 Å². The third-order valence-electron chi connectivity index (χ3n) is 3.60. The maximum atomic E-state index is 12.4. The van der Waals surface area contributed by atoms with Crippen LogP contribution >= 0.6 is 0 Å². The summed E-state index contributed by atoms with van der Waals surface area (Å²) >= 11 is 0. The Labute approximate surface area is 127 Å². The molecular weight excluding hydrogens is 272 g/mol. The van der Waals surface area contributed by atoms with Crippen LogP contribution in [0.15, 0.2) is 0 Å². The molecule has 0 aromatic carbocycles. The number of ether oxygens (including phenoxy) is 2. The van der Waals surface area contributed by atoms with E-state index >= 15 is 0 Å². The monoisotopic (exact) mass is 300 g/mol. The topological polar surface area (TPSA) is 67.9 Å². The van der Waals surface area contributed by atoms with E-state index in [1.54, 1.807) is 0 Å². The van der Waals surface area contributed by atoms with Gasteiger partial charge in [-0.15, -0.1) is 0 Å². The van der Waals surface area contributed by atoms with E-state index in [1.807, 2.05) is 27.7 Å². The van der Waals surface area contributed by atoms with Crippen LogP contribution in [0.3, 0.4) is 0 Å². The molecule has 6 nitrogen and oxygen atoms in total. The molecule has 1 fully saturated rings. The van der Waals surface area contributed by atoms with E-state index < -0.39 is 0 Å². The predicted molar refractivity (Wildman–Crippen MR) is 79.9 cm³/mol. The maximum Gasteiger partial charge on any atom is 0.307 e. The molecule has 0 bridgehead atoms. The summed E-state index contributed by atoms with van der Waals surface area (Å²) in [6, 6.07) is -0.198. The first-order chi connectivity index (χ1) is 9.85. The van der Waals surface area contributed by atoms with Crippen LogP contribution in [0.1, 0.15) is 34.1 Å². The summed E-state index contributed by atoms with van der Waals surface area (Å²) in [7, 11) is 1.34. The van der Waals surface area contributed by atoms with Crippen LogP contribution in [-0.2, 0) is 19.1 Å². The van der Waals surface area contributed by atoms with Crippen molar-refractivity contribution in [3.63, 3.8) is 0 Å². The van der Waals surface area contributed by atoms with Gasteiger partial charge < -0.3 is 14.8 Å². The third kappa shape index (κ3) is 5.63. The quantitative estimate of drug-likeness (QED) is 0.735. The summed E-state index contributed by atoms with van der Waals surface area (Å²) < 4.78 is 10.3. The van der Waals surface area contributed by atoms with E-state index in [9.17, 15) is 9.59 Å². The summed E-state index contributed by atoms with van der Waals surface area (Å²) in [5, 5.41) is 2.83. The second kappa shape index (κ2) is 8.34. The number of esters is 1. The van der Waals surface area contributed by atoms with Gasteiger partial charge in [0, 0.05) is 19.6 Å². The van der Waals surface area contributed by atoms with Crippen LogP contribution < -0.4 is 5.32 Å². The molecule has 21 heavy (non-hydrogen) atoms. The summed E-state index contributed by atoms with van der Waals surface area (Å²) in [6.07, 6.45) is 0.443. The van der Waals surface area contributed by atoms with E-state index in [2.05, 4.69) is 15.0 Å². The molecule has 0 aromatic rings. The van der Waals surface area contributed by atoms with Gasteiger partial charge in [0.1, 0.15) is 0 Å². The Balaban J connectivity index is 2.59. The van der Waals surface area contributed by atoms with Gasteiger partial charge in [-0.2, -0.15) is 0 Å². The van der Waals surface area contributed by atoms with Gasteiger partial charge in [-0.05, 0) is 19.8 Å². The predicted octanol–water partition coefficient (Wildman–Crippen LogP) is 0.800. The molecule has 0 radical (unpaired) electrons. The lowest BCUT2D eigenvalue weighted by molar-refractivity contribution is -0.140. The van der Waals surface area contributed by atoms with E-state index in [0.717, 1.165) is 13.1 Å². The number of carbonyl (C=O) groups excluding carboxylic acids is 2. The lowest BCUT2D eigenvalue weighted by atomic mass is 9.99. The Morgan fingerprint density at radius 3 is 2.33 bits per heavy atom. The molecule has 1 aliphatic rings. The Hall–Kier alpha value is -1.14. The SMILES string of the molecule is COC(=O)CCNC(=O)[C@H](C(C)C)N1C[C@@H](C)O[C@H](C)C1. The van der Waals surface area contributed by atoms with Gasteiger partial charge in [0.05, 0.1) is 31.8 Å². The fourth-order valence-electron chi connectivity index (χ4n) is 2.83. The number of morpholine rings is 1. The largest absolute Gasteiger partial charge is 0.469 e. The molecule has 0 saturated carbocycles. The van der Waals surface area contributed by atoms with Crippen LogP contribution in [0.4, 0.5) is 0 Å². The van der Waals surface area contributed by atoms with E-state index in [4.69, 9.17) is 4.74 Å². The molecule has 122 valence electrons. The number of amides is 1. The van der Waals surface area contributed by atoms with Crippen molar-refractivity contribution in [2.24, 2.45) is 5.92 Å². The van der Waals surface area contributed by atoms with Crippen molar-refractivity contribution in [1.82, 2.24) is 10.2 Å². The molecule has 0 spiro atoms. The zero-order valence-corrected chi connectivity index (χ0v) is 13.7. The molecule has 0 aromatic heterocycles. The van der Waals surface area contributed by atoms with E-state index in [0.29, 0.717) is 6.54 Å². The Bertz CT molecular complexity index is 350. The van der Waals surface area contributed by atoms with E-state index in [1.165, 1.54) is 7.11 Å². The first kappa shape index (κ1) is 17.9. The van der Waals surface area contributed by atoms with Gasteiger partial charge in [0.2, 0.25) is 5.91 Å². The summed E-state index contributed by atoms with van der Waals surface area (Å²) in [5.41, 5.74) is 0. The fourth-order valence-corrected chi connectivity index (χ4v) is 2.83. The maximum absolute atomic E-state index is 12.4. The van der Waals surface area contributed by atoms with Crippen molar-refractivity contribution in [2.45, 2.75) is 52.4 Å². The number of hydrogen-bond donors (Lipinski definition) is 1. The van der Waals surface area contributed by atoms with Crippen molar-refractivity contribution < 1.29 is 19.1 Å². The number of methoxy groups -OCH3 is 1. The number of nitrogens with zero attached hydrogens (tertiary/aromatic N) is 1. The van der Waals surface area contributed by atoms with Gasteiger partial charge in [0.25, 0.3) is 0 Å². The molecule has 0 unspecified atom stereocenters. The highest BCUT2D eigenvalue weighted by Crippen LogP contribution is 2.18. The molecule has 3 atom stereocenters. The molecule has 1 rings (SSSR count). The zero-order valence-electron chi connectivity index (χ0n) is 13.7. The summed E-state index contributed by atoms with van der Waals surface area (Å²) in [4.78, 5) is 25.7. The highest BCUT2D eigenvalue weighted by Gasteiger charge is 2.33. The van der Waals surface area contributed by atoms with Crippen LogP contribution in [0.25, 0.3) is 0 Å². The minimum atomic E-state index is -0.315. The smallest absolute Gasteiger partial charge is 0.307 e. The molecule has 6 heteroatoms. The summed E-state index contributed by atoms with van der Waals surface area (Å²) in [6.45, 7) is 9.93. The van der Waals surface area contributed by atoms with Gasteiger partial charge in [0.15, 0.2) is 0 Å². The van der Waals surface area contributed by atoms with Crippen LogP contribution in [0.2, 0.25) is 0 Å². The van der Waals surface area contributed by atoms with Crippen molar-refractivity contribution >= 4 is 11.9 Å². The minimum Gasteiger partial charge on any atom is -0.469 e. The highest BCUT2D eigenvalue weighted by molar-refractivity contribution is 5.82. The molecule has 1 amide bonds. The third-order valence-corrected chi connectivity index (χ3v) is 3.60. The van der Waals surface area contributed by atoms with Crippen molar-refractivity contribution in [1.29, 1.82) is 0 Å². The number of carbonyl (C=O) groups is 2. The standard InChI is InChI=1S/C15H28N2O4/c1-10(2)14(15(19)16-7-6-13(18)20-5)17-8-11(3)21-12(4)9-17/h10-12,14H,6-9H2,1-5H3,(H,16,19)/t11-,12-,14+/m1/s1. The first-order valence-electron chi connectivity index (χ1n) is 7.59. The highest BCUT2D eigenvalue weighted by atomic mass is 16.5. The lowest BCUT2D eigenvalue weighted by Gasteiger charge is -2.41. The second-order valence-corrected chi connectivity index (χ2v) is 6.02. The molecule has 0 aliphatic carbocycles. The minimum absolute atomic E-state index is 0.0322. The van der Waals surface area contributed by atoms with E-state index in [-0.39, 0.29) is 42.5 Å². The first-order valence-corrected chi connectivity index (χ1v) is 7.59. The van der Waals surface area contributed by atoms with Crippen molar-refractivity contribution in [3.8, 4) is 0 Å². The van der Waals surface area contributed by atoms with Crippen LogP contribution in [-0.4, -0.2) is 61.8 Å².